The maximum Gasteiger partial charge on any atom is 0.269 e. The van der Waals surface area contributed by atoms with Crippen LogP contribution >= 0.6 is 0 Å². The molecule has 2 aromatic rings. The first-order valence-corrected chi connectivity index (χ1v) is 6.34. The number of carbonyl (C=O) groups is 1. The summed E-state index contributed by atoms with van der Waals surface area (Å²) >= 11 is 0. The lowest BCUT2D eigenvalue weighted by Gasteiger charge is -1.98. The van der Waals surface area contributed by atoms with Crippen LogP contribution in [0.3, 0.4) is 0 Å². The van der Waals surface area contributed by atoms with Crippen LogP contribution in [0.15, 0.2) is 48.2 Å². The number of hydrogen-bond donors (Lipinski definition) is 0. The van der Waals surface area contributed by atoms with Crippen LogP contribution in [-0.4, -0.2) is 10.7 Å². The van der Waals surface area contributed by atoms with Crippen molar-refractivity contribution in [2.75, 3.05) is 0 Å². The van der Waals surface area contributed by atoms with Crippen LogP contribution in [0.2, 0.25) is 0 Å². The van der Waals surface area contributed by atoms with Gasteiger partial charge < -0.3 is 4.74 Å². The lowest BCUT2D eigenvalue weighted by atomic mass is 10.1. The van der Waals surface area contributed by atoms with Gasteiger partial charge in [0.05, 0.1) is 10.5 Å². The average molecular weight is 281 g/mol. The van der Waals surface area contributed by atoms with Crippen molar-refractivity contribution >= 4 is 17.5 Å². The topological polar surface area (TPSA) is 69.4 Å². The Kier molecular flexibility index (Phi) is 3.02. The van der Waals surface area contributed by atoms with Crippen LogP contribution < -0.4 is 4.74 Å². The minimum absolute atomic E-state index is 0.00901. The van der Waals surface area contributed by atoms with Gasteiger partial charge in [0.15, 0.2) is 5.76 Å². The Morgan fingerprint density at radius 2 is 1.86 bits per heavy atom. The summed E-state index contributed by atoms with van der Waals surface area (Å²) < 4.78 is 5.53. The van der Waals surface area contributed by atoms with E-state index in [4.69, 9.17) is 4.74 Å². The van der Waals surface area contributed by atoms with Crippen LogP contribution in [0.1, 0.15) is 21.5 Å². The third kappa shape index (κ3) is 2.41. The van der Waals surface area contributed by atoms with E-state index < -0.39 is 4.92 Å². The second-order valence-electron chi connectivity index (χ2n) is 4.79. The van der Waals surface area contributed by atoms with Gasteiger partial charge in [-0.15, -0.1) is 0 Å². The summed E-state index contributed by atoms with van der Waals surface area (Å²) in [5, 5.41) is 10.6. The Balaban J connectivity index is 1.92. The number of fused-ring (bicyclic) bond motifs is 1. The van der Waals surface area contributed by atoms with E-state index >= 15 is 0 Å². The molecule has 0 saturated heterocycles. The molecule has 2 aromatic carbocycles. The highest BCUT2D eigenvalue weighted by molar-refractivity contribution is 6.14. The Morgan fingerprint density at radius 3 is 2.52 bits per heavy atom. The molecular formula is C16H11NO4. The minimum atomic E-state index is -0.466. The minimum Gasteiger partial charge on any atom is -0.452 e. The first-order valence-electron chi connectivity index (χ1n) is 6.34. The number of nitrogens with zero attached hydrogens (tertiary/aromatic N) is 1. The van der Waals surface area contributed by atoms with Crippen molar-refractivity contribution in [1.29, 1.82) is 0 Å². The van der Waals surface area contributed by atoms with Crippen molar-refractivity contribution in [3.63, 3.8) is 0 Å². The molecule has 0 aliphatic carbocycles. The highest BCUT2D eigenvalue weighted by atomic mass is 16.6. The zero-order valence-corrected chi connectivity index (χ0v) is 11.2. The van der Waals surface area contributed by atoms with Gasteiger partial charge in [0, 0.05) is 12.1 Å². The Morgan fingerprint density at radius 1 is 1.14 bits per heavy atom. The quantitative estimate of drug-likeness (QED) is 0.479. The van der Waals surface area contributed by atoms with E-state index in [1.807, 2.05) is 13.0 Å². The van der Waals surface area contributed by atoms with E-state index in [1.165, 1.54) is 12.1 Å². The van der Waals surface area contributed by atoms with E-state index in [2.05, 4.69) is 0 Å². The van der Waals surface area contributed by atoms with Crippen molar-refractivity contribution in [3.8, 4) is 5.75 Å². The number of aryl methyl sites for hydroxylation is 1. The molecule has 21 heavy (non-hydrogen) atoms. The molecule has 3 rings (SSSR count). The van der Waals surface area contributed by atoms with Crippen molar-refractivity contribution in [2.45, 2.75) is 6.92 Å². The van der Waals surface area contributed by atoms with Crippen LogP contribution in [0.25, 0.3) is 6.08 Å². The van der Waals surface area contributed by atoms with Gasteiger partial charge in [-0.2, -0.15) is 0 Å². The fraction of sp³-hybridized carbons (Fsp3) is 0.0625. The number of hydrogen-bond acceptors (Lipinski definition) is 4. The smallest absolute Gasteiger partial charge is 0.269 e. The summed E-state index contributed by atoms with van der Waals surface area (Å²) in [5.74, 6) is 0.593. The van der Waals surface area contributed by atoms with Crippen LogP contribution in [0.4, 0.5) is 5.69 Å². The maximum atomic E-state index is 12.2. The van der Waals surface area contributed by atoms with Crippen LogP contribution in [0, 0.1) is 17.0 Å². The zero-order chi connectivity index (χ0) is 15.0. The highest BCUT2D eigenvalue weighted by Gasteiger charge is 2.27. The van der Waals surface area contributed by atoms with Gasteiger partial charge in [0.2, 0.25) is 5.78 Å². The number of rotatable bonds is 2. The molecular weight excluding hydrogens is 270 g/mol. The van der Waals surface area contributed by atoms with Gasteiger partial charge >= 0.3 is 0 Å². The lowest BCUT2D eigenvalue weighted by Crippen LogP contribution is -1.98. The van der Waals surface area contributed by atoms with Crippen molar-refractivity contribution < 1.29 is 14.5 Å². The summed E-state index contributed by atoms with van der Waals surface area (Å²) in [6.45, 7) is 1.91. The van der Waals surface area contributed by atoms with Gasteiger partial charge in [-0.05, 0) is 42.8 Å². The van der Waals surface area contributed by atoms with Crippen molar-refractivity contribution in [1.82, 2.24) is 0 Å². The van der Waals surface area contributed by atoms with E-state index in [1.54, 1.807) is 30.3 Å². The third-order valence-corrected chi connectivity index (χ3v) is 3.23. The second-order valence-corrected chi connectivity index (χ2v) is 4.79. The SMILES string of the molecule is Cc1ccc2c(c1)C(=O)/C(=C\c1ccc([N+](=O)[O-])cc1)O2. The first-order chi connectivity index (χ1) is 10.0. The summed E-state index contributed by atoms with van der Waals surface area (Å²) in [4.78, 5) is 22.4. The monoisotopic (exact) mass is 281 g/mol. The molecule has 104 valence electrons. The number of nitro benzene ring substituents is 1. The molecule has 0 spiro atoms. The molecule has 0 saturated carbocycles. The molecule has 5 heteroatoms. The van der Waals surface area contributed by atoms with Crippen LogP contribution in [-0.2, 0) is 0 Å². The van der Waals surface area contributed by atoms with Gasteiger partial charge in [0.1, 0.15) is 5.75 Å². The molecule has 0 unspecified atom stereocenters. The van der Waals surface area contributed by atoms with Gasteiger partial charge in [-0.3, -0.25) is 14.9 Å². The molecule has 0 N–H and O–H groups in total. The third-order valence-electron chi connectivity index (χ3n) is 3.23. The Hall–Kier alpha value is -2.95. The molecule has 0 fully saturated rings. The number of allylic oxidation sites excluding steroid dienone is 1. The number of non-ortho nitro benzene ring substituents is 1. The maximum absolute atomic E-state index is 12.2. The standard InChI is InChI=1S/C16H11NO4/c1-10-2-7-14-13(8-10)16(18)15(21-14)9-11-3-5-12(6-4-11)17(19)20/h2-9H,1H3/b15-9+. The molecule has 5 nitrogen and oxygen atoms in total. The summed E-state index contributed by atoms with van der Waals surface area (Å²) in [7, 11) is 0. The Bertz CT molecular complexity index is 775. The molecule has 1 aliphatic rings. The number of carbonyl (C=O) groups excluding carboxylic acids is 1. The Labute approximate surface area is 120 Å². The molecule has 1 heterocycles. The lowest BCUT2D eigenvalue weighted by molar-refractivity contribution is -0.384. The number of benzene rings is 2. The molecule has 0 amide bonds. The first kappa shape index (κ1) is 13.1. The van der Waals surface area contributed by atoms with Crippen LogP contribution in [0.5, 0.6) is 5.75 Å². The van der Waals surface area contributed by atoms with E-state index in [-0.39, 0.29) is 17.2 Å². The normalized spacial score (nSPS) is 14.9. The predicted molar refractivity (Wildman–Crippen MR) is 77.2 cm³/mol. The van der Waals surface area contributed by atoms with Gasteiger partial charge in [0.25, 0.3) is 5.69 Å². The summed E-state index contributed by atoms with van der Waals surface area (Å²) in [5.41, 5.74) is 2.22. The second kappa shape index (κ2) is 4.86. The van der Waals surface area contributed by atoms with E-state index in [0.717, 1.165) is 5.56 Å². The fourth-order valence-corrected chi connectivity index (χ4v) is 2.15. The number of Topliss-reactive ketones (excluding diaryl/α,β-unsaturated/α-hetero) is 1. The fourth-order valence-electron chi connectivity index (χ4n) is 2.15. The highest BCUT2D eigenvalue weighted by Crippen LogP contribution is 2.32. The van der Waals surface area contributed by atoms with E-state index in [9.17, 15) is 14.9 Å². The molecule has 0 aromatic heterocycles. The molecule has 1 aliphatic heterocycles. The zero-order valence-electron chi connectivity index (χ0n) is 11.2. The summed E-state index contributed by atoms with van der Waals surface area (Å²) in [6, 6.07) is 11.4. The van der Waals surface area contributed by atoms with Gasteiger partial charge in [-0.25, -0.2) is 0 Å². The number of ketones is 1. The van der Waals surface area contributed by atoms with Gasteiger partial charge in [-0.1, -0.05) is 11.6 Å². The summed E-state index contributed by atoms with van der Waals surface area (Å²) in [6.07, 6.45) is 1.58. The molecule has 0 bridgehead atoms. The number of nitro groups is 1. The molecule has 0 radical (unpaired) electrons. The predicted octanol–water partition coefficient (Wildman–Crippen LogP) is 3.52. The van der Waals surface area contributed by atoms with Crippen molar-refractivity contribution in [3.05, 3.63) is 75.0 Å². The largest absolute Gasteiger partial charge is 0.452 e. The average Bonchev–Trinajstić information content (AvgIpc) is 2.76. The van der Waals surface area contributed by atoms with Crippen molar-refractivity contribution in [2.24, 2.45) is 0 Å². The van der Waals surface area contributed by atoms with E-state index in [0.29, 0.717) is 16.9 Å². The molecule has 0 atom stereocenters. The number of ether oxygens (including phenoxy) is 1.